The highest BCUT2D eigenvalue weighted by Gasteiger charge is 2.31. The molecule has 0 radical (unpaired) electrons. The summed E-state index contributed by atoms with van der Waals surface area (Å²) < 4.78 is 11.1. The van der Waals surface area contributed by atoms with Crippen LogP contribution in [0.1, 0.15) is 26.3 Å². The van der Waals surface area contributed by atoms with Crippen molar-refractivity contribution in [3.8, 4) is 11.5 Å². The second kappa shape index (κ2) is 3.26. The molecule has 1 aromatic rings. The van der Waals surface area contributed by atoms with Gasteiger partial charge in [-0.2, -0.15) is 0 Å². The Morgan fingerprint density at radius 3 is 2.60 bits per heavy atom. The predicted molar refractivity (Wildman–Crippen MR) is 56.2 cm³/mol. The van der Waals surface area contributed by atoms with Crippen LogP contribution in [0, 0.1) is 0 Å². The van der Waals surface area contributed by atoms with Gasteiger partial charge in [-0.05, 0) is 24.6 Å². The van der Waals surface area contributed by atoms with Gasteiger partial charge in [0.15, 0.2) is 11.5 Å². The molecule has 0 fully saturated rings. The third-order valence-electron chi connectivity index (χ3n) is 2.17. The molecular weight excluding hydrogens is 192 g/mol. The van der Waals surface area contributed by atoms with Gasteiger partial charge in [0.1, 0.15) is 5.78 Å². The molecule has 0 atom stereocenters. The van der Waals surface area contributed by atoms with Crippen molar-refractivity contribution < 1.29 is 14.3 Å². The summed E-state index contributed by atoms with van der Waals surface area (Å²) in [6, 6.07) is 5.61. The molecule has 0 unspecified atom stereocenters. The molecule has 0 aliphatic carbocycles. The summed E-state index contributed by atoms with van der Waals surface area (Å²) in [5, 5.41) is 0. The smallest absolute Gasteiger partial charge is 0.246 e. The zero-order valence-electron chi connectivity index (χ0n) is 9.16. The van der Waals surface area contributed by atoms with Crippen LogP contribution in [-0.4, -0.2) is 11.6 Å². The van der Waals surface area contributed by atoms with Gasteiger partial charge in [0.05, 0.1) is 0 Å². The molecule has 1 aliphatic heterocycles. The second-order valence-corrected chi connectivity index (χ2v) is 4.26. The van der Waals surface area contributed by atoms with Crippen LogP contribution < -0.4 is 9.47 Å². The molecule has 1 aliphatic rings. The molecule has 15 heavy (non-hydrogen) atoms. The molecule has 1 aromatic carbocycles. The van der Waals surface area contributed by atoms with E-state index in [1.165, 1.54) is 0 Å². The van der Waals surface area contributed by atoms with Crippen molar-refractivity contribution in [1.29, 1.82) is 0 Å². The van der Waals surface area contributed by atoms with E-state index in [1.807, 2.05) is 32.0 Å². The van der Waals surface area contributed by atoms with Crippen LogP contribution >= 0.6 is 0 Å². The van der Waals surface area contributed by atoms with Gasteiger partial charge in [0.25, 0.3) is 0 Å². The van der Waals surface area contributed by atoms with E-state index in [0.717, 1.165) is 17.1 Å². The molecular formula is C12H14O3. The number of hydrogen-bond acceptors (Lipinski definition) is 3. The van der Waals surface area contributed by atoms with E-state index in [-0.39, 0.29) is 5.78 Å². The van der Waals surface area contributed by atoms with Gasteiger partial charge >= 0.3 is 0 Å². The highest BCUT2D eigenvalue weighted by Crippen LogP contribution is 2.39. The Morgan fingerprint density at radius 1 is 1.27 bits per heavy atom. The minimum absolute atomic E-state index is 0.146. The average molecular weight is 206 g/mol. The fraction of sp³-hybridized carbons (Fsp3) is 0.417. The van der Waals surface area contributed by atoms with Crippen LogP contribution in [-0.2, 0) is 11.2 Å². The molecule has 3 nitrogen and oxygen atoms in total. The Morgan fingerprint density at radius 2 is 1.93 bits per heavy atom. The lowest BCUT2D eigenvalue weighted by Crippen LogP contribution is -2.29. The van der Waals surface area contributed by atoms with Crippen LogP contribution in [0.25, 0.3) is 0 Å². The summed E-state index contributed by atoms with van der Waals surface area (Å²) in [6.07, 6.45) is 0.442. The maximum atomic E-state index is 11.0. The Balaban J connectivity index is 2.26. The number of Topliss-reactive ketones (excluding diaryl/α,β-unsaturated/α-hetero) is 1. The van der Waals surface area contributed by atoms with Crippen molar-refractivity contribution in [3.05, 3.63) is 23.8 Å². The zero-order valence-corrected chi connectivity index (χ0v) is 9.16. The largest absolute Gasteiger partial charge is 0.449 e. The fourth-order valence-electron chi connectivity index (χ4n) is 1.66. The van der Waals surface area contributed by atoms with Crippen LogP contribution in [0.5, 0.6) is 11.5 Å². The highest BCUT2D eigenvalue weighted by molar-refractivity contribution is 5.78. The summed E-state index contributed by atoms with van der Waals surface area (Å²) >= 11 is 0. The molecule has 0 amide bonds. The van der Waals surface area contributed by atoms with Crippen LogP contribution in [0.4, 0.5) is 0 Å². The van der Waals surface area contributed by atoms with E-state index in [9.17, 15) is 4.79 Å². The maximum Gasteiger partial charge on any atom is 0.246 e. The lowest BCUT2D eigenvalue weighted by Gasteiger charge is -2.16. The number of hydrogen-bond donors (Lipinski definition) is 0. The lowest BCUT2D eigenvalue weighted by atomic mass is 10.1. The molecule has 0 aromatic heterocycles. The van der Waals surface area contributed by atoms with E-state index in [4.69, 9.17) is 9.47 Å². The molecule has 2 rings (SSSR count). The molecule has 0 spiro atoms. The van der Waals surface area contributed by atoms with Gasteiger partial charge in [-0.15, -0.1) is 0 Å². The molecule has 3 heteroatoms. The second-order valence-electron chi connectivity index (χ2n) is 4.26. The number of benzene rings is 1. The summed E-state index contributed by atoms with van der Waals surface area (Å²) in [4.78, 5) is 11.0. The summed E-state index contributed by atoms with van der Waals surface area (Å²) in [6.45, 7) is 5.30. The Hall–Kier alpha value is -1.51. The minimum Gasteiger partial charge on any atom is -0.449 e. The number of carbonyl (C=O) groups is 1. The van der Waals surface area contributed by atoms with Crippen molar-refractivity contribution >= 4 is 5.78 Å². The van der Waals surface area contributed by atoms with Crippen molar-refractivity contribution in [3.63, 3.8) is 0 Å². The summed E-state index contributed by atoms with van der Waals surface area (Å²) in [7, 11) is 0. The molecule has 80 valence electrons. The minimum atomic E-state index is -0.600. The normalized spacial score (nSPS) is 16.5. The highest BCUT2D eigenvalue weighted by atomic mass is 16.7. The number of ketones is 1. The Bertz CT molecular complexity index is 407. The molecule has 0 bridgehead atoms. The number of ether oxygens (including phenoxy) is 2. The maximum absolute atomic E-state index is 11.0. The summed E-state index contributed by atoms with van der Waals surface area (Å²) in [5.41, 5.74) is 0.961. The first-order chi connectivity index (χ1) is 6.96. The number of carbonyl (C=O) groups excluding carboxylic acids is 1. The quantitative estimate of drug-likeness (QED) is 0.745. The van der Waals surface area contributed by atoms with E-state index in [1.54, 1.807) is 6.92 Å². The Kier molecular flexibility index (Phi) is 2.18. The van der Waals surface area contributed by atoms with Gasteiger partial charge in [-0.25, -0.2) is 0 Å². The van der Waals surface area contributed by atoms with Crippen molar-refractivity contribution in [2.24, 2.45) is 0 Å². The molecule has 0 saturated carbocycles. The zero-order chi connectivity index (χ0) is 11.1. The van der Waals surface area contributed by atoms with Gasteiger partial charge in [0.2, 0.25) is 5.79 Å². The number of fused-ring (bicyclic) bond motifs is 1. The molecule has 0 saturated heterocycles. The van der Waals surface area contributed by atoms with Crippen molar-refractivity contribution in [1.82, 2.24) is 0 Å². The van der Waals surface area contributed by atoms with E-state index >= 15 is 0 Å². The van der Waals surface area contributed by atoms with Crippen LogP contribution in [0.3, 0.4) is 0 Å². The van der Waals surface area contributed by atoms with Crippen LogP contribution in [0.15, 0.2) is 18.2 Å². The summed E-state index contributed by atoms with van der Waals surface area (Å²) in [5.74, 6) is 1.01. The third-order valence-corrected chi connectivity index (χ3v) is 2.17. The van der Waals surface area contributed by atoms with Crippen molar-refractivity contribution in [2.45, 2.75) is 33.0 Å². The van der Waals surface area contributed by atoms with Gasteiger partial charge in [-0.1, -0.05) is 6.07 Å². The van der Waals surface area contributed by atoms with E-state index in [2.05, 4.69) is 0 Å². The van der Waals surface area contributed by atoms with Crippen molar-refractivity contribution in [2.75, 3.05) is 0 Å². The van der Waals surface area contributed by atoms with Gasteiger partial charge < -0.3 is 9.47 Å². The predicted octanol–water partition coefficient (Wildman–Crippen LogP) is 2.33. The third kappa shape index (κ3) is 2.12. The first-order valence-electron chi connectivity index (χ1n) is 4.97. The topological polar surface area (TPSA) is 35.5 Å². The first-order valence-corrected chi connectivity index (χ1v) is 4.97. The first kappa shape index (κ1) is 10.0. The van der Waals surface area contributed by atoms with Gasteiger partial charge in [-0.3, -0.25) is 4.79 Å². The standard InChI is InChI=1S/C12H14O3/c1-8(13)6-9-4-5-10-11(7-9)15-12(2,3)14-10/h4-5,7H,6H2,1-3H3. The molecule has 1 heterocycles. The fourth-order valence-corrected chi connectivity index (χ4v) is 1.66. The lowest BCUT2D eigenvalue weighted by molar-refractivity contribution is -0.116. The monoisotopic (exact) mass is 206 g/mol. The number of rotatable bonds is 2. The Labute approximate surface area is 89.0 Å². The van der Waals surface area contributed by atoms with E-state index in [0.29, 0.717) is 6.42 Å². The van der Waals surface area contributed by atoms with Gasteiger partial charge in [0, 0.05) is 20.3 Å². The van der Waals surface area contributed by atoms with E-state index < -0.39 is 5.79 Å². The van der Waals surface area contributed by atoms with Crippen LogP contribution in [0.2, 0.25) is 0 Å². The average Bonchev–Trinajstić information content (AvgIpc) is 2.36. The molecule has 0 N–H and O–H groups in total. The SMILES string of the molecule is CC(=O)Cc1ccc2c(c1)OC(C)(C)O2.